The Morgan fingerprint density at radius 3 is 3.05 bits per heavy atom. The lowest BCUT2D eigenvalue weighted by atomic mass is 9.96. The van der Waals surface area contributed by atoms with Crippen molar-refractivity contribution in [3.63, 3.8) is 0 Å². The number of hydrogen-bond donors (Lipinski definition) is 5. The minimum Gasteiger partial charge on any atom is -0.394 e. The summed E-state index contributed by atoms with van der Waals surface area (Å²) < 4.78 is 14.5. The van der Waals surface area contributed by atoms with Crippen LogP contribution in [0, 0.1) is 0 Å². The smallest absolute Gasteiger partial charge is 0.302 e. The van der Waals surface area contributed by atoms with Crippen molar-refractivity contribution >= 4 is 17.1 Å². The van der Waals surface area contributed by atoms with Gasteiger partial charge in [0.2, 0.25) is 5.95 Å². The molecule has 10 heteroatoms. The van der Waals surface area contributed by atoms with Gasteiger partial charge in [0.25, 0.3) is 0 Å². The molecule has 3 heterocycles. The molecule has 2 aromatic heterocycles. The lowest BCUT2D eigenvalue weighted by Crippen LogP contribution is -2.44. The van der Waals surface area contributed by atoms with Gasteiger partial charge in [-0.3, -0.25) is 9.36 Å². The van der Waals surface area contributed by atoms with Gasteiger partial charge in [0.05, 0.1) is 12.9 Å². The van der Waals surface area contributed by atoms with E-state index in [9.17, 15) is 20.1 Å². The summed E-state index contributed by atoms with van der Waals surface area (Å²) >= 11 is 0. The second-order valence-electron chi connectivity index (χ2n) is 5.09. The van der Waals surface area contributed by atoms with Crippen LogP contribution in [-0.2, 0) is 4.74 Å². The van der Waals surface area contributed by atoms with Crippen LogP contribution in [0.3, 0.4) is 0 Å². The summed E-state index contributed by atoms with van der Waals surface area (Å²) in [7, 11) is 0. The van der Waals surface area contributed by atoms with Gasteiger partial charge in [0.15, 0.2) is 13.2 Å². The third kappa shape index (κ3) is 1.92. The van der Waals surface area contributed by atoms with Crippen LogP contribution in [0.5, 0.6) is 0 Å². The first-order valence-electron chi connectivity index (χ1n) is 6.64. The van der Waals surface area contributed by atoms with E-state index in [4.69, 9.17) is 11.9 Å². The molecule has 0 saturated carbocycles. The molecular formula is C11H15N5O5. The number of anilines is 1. The standard InChI is InChI=1S/C11H15N5O5/c1-11(20)6(18)4(2-17)21-9(11)16-3-13-5-7(16)14-10(12)15-8(5)19/h3-4,6,9,17-18,20H,2H2,1H3,(H3,12,14,15,19)/t4-,6-,9-,11-/m1/s1/i/hD. The second-order valence-corrected chi connectivity index (χ2v) is 5.09. The molecule has 1 saturated heterocycles. The van der Waals surface area contributed by atoms with Gasteiger partial charge in [0.1, 0.15) is 23.5 Å². The molecule has 0 spiro atoms. The number of aliphatic hydroxyl groups is 3. The second kappa shape index (κ2) is 4.49. The zero-order chi connectivity index (χ0) is 16.2. The van der Waals surface area contributed by atoms with Crippen molar-refractivity contribution < 1.29 is 21.5 Å². The first kappa shape index (κ1) is 12.7. The molecule has 0 aliphatic carbocycles. The maximum Gasteiger partial charge on any atom is 0.302 e. The van der Waals surface area contributed by atoms with Gasteiger partial charge in [-0.05, 0) is 6.92 Å². The van der Waals surface area contributed by atoms with E-state index in [1.54, 1.807) is 0 Å². The Kier molecular flexibility index (Phi) is 2.72. The number of nitrogens with two attached hydrogens (primary N) is 1. The molecule has 0 radical (unpaired) electrons. The number of nitrogens with one attached hydrogen (secondary N) is 1. The van der Waals surface area contributed by atoms with Crippen molar-refractivity contribution in [2.24, 2.45) is 0 Å². The first-order chi connectivity index (χ1) is 10.3. The third-order valence-electron chi connectivity index (χ3n) is 3.59. The summed E-state index contributed by atoms with van der Waals surface area (Å²) in [5, 5.41) is 29.7. The van der Waals surface area contributed by atoms with E-state index < -0.39 is 36.2 Å². The number of ether oxygens (including phenoxy) is 1. The normalized spacial score (nSPS) is 33.5. The molecule has 3 rings (SSSR count). The fourth-order valence-electron chi connectivity index (χ4n) is 2.47. The van der Waals surface area contributed by atoms with Crippen molar-refractivity contribution in [1.29, 1.82) is 0 Å². The number of hydrogen-bond acceptors (Lipinski definition) is 8. The third-order valence-corrected chi connectivity index (χ3v) is 3.59. The molecule has 1 aliphatic heterocycles. The highest BCUT2D eigenvalue weighted by molar-refractivity contribution is 5.70. The van der Waals surface area contributed by atoms with Crippen molar-refractivity contribution in [2.45, 2.75) is 31.0 Å². The molecular weight excluding hydrogens is 282 g/mol. The first-order valence-corrected chi connectivity index (χ1v) is 6.20. The predicted octanol–water partition coefficient (Wildman–Crippen LogP) is -2.30. The van der Waals surface area contributed by atoms with E-state index in [-0.39, 0.29) is 17.1 Å². The predicted molar refractivity (Wildman–Crippen MR) is 70.2 cm³/mol. The van der Waals surface area contributed by atoms with Crippen LogP contribution >= 0.6 is 0 Å². The number of aromatic nitrogens is 4. The van der Waals surface area contributed by atoms with Crippen molar-refractivity contribution in [3.8, 4) is 0 Å². The zero-order valence-corrected chi connectivity index (χ0v) is 11.0. The molecule has 114 valence electrons. The van der Waals surface area contributed by atoms with Crippen LogP contribution in [0.2, 0.25) is 1.41 Å². The molecule has 1 aliphatic rings. The van der Waals surface area contributed by atoms with Crippen LogP contribution < -0.4 is 11.3 Å². The Labute approximate surface area is 119 Å². The van der Waals surface area contributed by atoms with Crippen LogP contribution in [-0.4, -0.2) is 59.2 Å². The summed E-state index contributed by atoms with van der Waals surface area (Å²) in [4.78, 5) is 19.8. The van der Waals surface area contributed by atoms with Gasteiger partial charge in [0, 0.05) is 0 Å². The zero-order valence-electron chi connectivity index (χ0n) is 12.0. The number of aromatic amines is 1. The van der Waals surface area contributed by atoms with E-state index in [1.165, 1.54) is 17.8 Å². The van der Waals surface area contributed by atoms with E-state index in [1.807, 2.05) is 0 Å². The van der Waals surface area contributed by atoms with Gasteiger partial charge in [-0.1, -0.05) is 0 Å². The van der Waals surface area contributed by atoms with E-state index in [0.29, 0.717) is 4.98 Å². The molecule has 21 heavy (non-hydrogen) atoms. The minimum absolute atomic E-state index is 0.0337. The number of nitrogens with zero attached hydrogens (tertiary/aromatic N) is 3. The van der Waals surface area contributed by atoms with Crippen LogP contribution in [0.4, 0.5) is 5.95 Å². The Hall–Kier alpha value is -2.01. The average molecular weight is 298 g/mol. The van der Waals surface area contributed by atoms with Gasteiger partial charge >= 0.3 is 5.56 Å². The van der Waals surface area contributed by atoms with Gasteiger partial charge < -0.3 is 30.8 Å². The molecule has 10 nitrogen and oxygen atoms in total. The quantitative estimate of drug-likeness (QED) is 0.414. The van der Waals surface area contributed by atoms with Crippen molar-refractivity contribution in [3.05, 3.63) is 16.7 Å². The van der Waals surface area contributed by atoms with E-state index in [2.05, 4.69) is 9.97 Å². The Morgan fingerprint density at radius 1 is 1.71 bits per heavy atom. The number of nitrogen functional groups attached to an aromatic ring is 1. The highest BCUT2D eigenvalue weighted by atomic mass is 16.6. The van der Waals surface area contributed by atoms with Crippen molar-refractivity contribution in [1.82, 2.24) is 19.5 Å². The molecule has 2 aromatic rings. The molecule has 0 amide bonds. The lowest BCUT2D eigenvalue weighted by Gasteiger charge is -2.27. The minimum atomic E-state index is -1.77. The summed E-state index contributed by atoms with van der Waals surface area (Å²) in [6, 6.07) is 0. The monoisotopic (exact) mass is 298 g/mol. The fourth-order valence-corrected chi connectivity index (χ4v) is 2.47. The average Bonchev–Trinajstić information content (AvgIpc) is 2.98. The van der Waals surface area contributed by atoms with Gasteiger partial charge in [-0.15, -0.1) is 0 Å². The van der Waals surface area contributed by atoms with E-state index >= 15 is 0 Å². The highest BCUT2D eigenvalue weighted by Crippen LogP contribution is 2.38. The summed E-state index contributed by atoms with van der Waals surface area (Å²) in [5.74, 6) is -0.351. The molecule has 0 aromatic carbocycles. The summed E-state index contributed by atoms with van der Waals surface area (Å²) in [5.41, 5.74) is 2.85. The SMILES string of the molecule is [2H]n1c(N)nc(=O)c2ncn([C@@H]3O[C@H](CO)[C@@H](O)[C@@]3(C)O)c21. The molecule has 1 fully saturated rings. The fraction of sp³-hybridized carbons (Fsp3) is 0.545. The van der Waals surface area contributed by atoms with Gasteiger partial charge in [-0.25, -0.2) is 4.98 Å². The van der Waals surface area contributed by atoms with Crippen molar-refractivity contribution in [2.75, 3.05) is 12.3 Å². The largest absolute Gasteiger partial charge is 0.394 e. The number of H-pyrrole nitrogens is 1. The highest BCUT2D eigenvalue weighted by Gasteiger charge is 2.53. The Bertz CT molecular complexity index is 787. The maximum absolute atomic E-state index is 11.8. The van der Waals surface area contributed by atoms with Crippen LogP contribution in [0.25, 0.3) is 11.2 Å². The van der Waals surface area contributed by atoms with E-state index in [0.717, 1.165) is 0 Å². The van der Waals surface area contributed by atoms with Gasteiger partial charge in [-0.2, -0.15) is 4.98 Å². The molecule has 6 N–H and O–H groups in total. The molecule has 0 bridgehead atoms. The Balaban J connectivity index is 2.22. The Morgan fingerprint density at radius 2 is 2.43 bits per heavy atom. The number of aliphatic hydroxyl groups excluding tert-OH is 2. The summed E-state index contributed by atoms with van der Waals surface area (Å²) in [6.07, 6.45) is -2.35. The summed E-state index contributed by atoms with van der Waals surface area (Å²) in [6.45, 7) is 0.818. The number of rotatable bonds is 2. The van der Waals surface area contributed by atoms with Crippen LogP contribution in [0.1, 0.15) is 13.2 Å². The number of fused-ring (bicyclic) bond motifs is 1. The maximum atomic E-state index is 11.8. The van der Waals surface area contributed by atoms with Crippen LogP contribution in [0.15, 0.2) is 11.1 Å². The molecule has 0 unspecified atom stereocenters. The lowest BCUT2D eigenvalue weighted by molar-refractivity contribution is -0.0950. The topological polar surface area (TPSA) is 160 Å². The number of imidazole rings is 1. The molecule has 4 atom stereocenters.